The van der Waals surface area contributed by atoms with E-state index in [1.807, 2.05) is 23.8 Å². The second kappa shape index (κ2) is 8.29. The van der Waals surface area contributed by atoms with E-state index in [4.69, 9.17) is 0 Å². The molecule has 0 saturated heterocycles. The molecule has 0 unspecified atom stereocenters. The van der Waals surface area contributed by atoms with Crippen LogP contribution in [0, 0.1) is 12.7 Å². The monoisotopic (exact) mass is 352 g/mol. The third-order valence-electron chi connectivity index (χ3n) is 4.02. The van der Waals surface area contributed by atoms with E-state index in [2.05, 4.69) is 15.6 Å². The van der Waals surface area contributed by atoms with E-state index in [0.717, 1.165) is 24.1 Å². The maximum atomic E-state index is 14.0. The number of aromatic nitrogens is 2. The standard InChI is InChI=1S/C20H21FN4O/c1-15-3-8-18(19(21)13-15)16-4-6-17(7-5-16)24-20(26)23-9-2-11-25-12-10-22-14-25/h3-8,10,12-14H,2,9,11H2,1H3,(H2,23,24,26). The zero-order valence-corrected chi connectivity index (χ0v) is 14.6. The molecule has 0 aliphatic rings. The molecule has 1 heterocycles. The molecule has 0 aliphatic heterocycles. The molecule has 2 N–H and O–H groups in total. The van der Waals surface area contributed by atoms with Gasteiger partial charge in [-0.3, -0.25) is 0 Å². The van der Waals surface area contributed by atoms with Gasteiger partial charge in [-0.1, -0.05) is 24.3 Å². The lowest BCUT2D eigenvalue weighted by molar-refractivity contribution is 0.252. The van der Waals surface area contributed by atoms with E-state index in [1.54, 1.807) is 42.9 Å². The van der Waals surface area contributed by atoms with Crippen molar-refractivity contribution in [2.24, 2.45) is 0 Å². The van der Waals surface area contributed by atoms with Crippen LogP contribution in [0.4, 0.5) is 14.9 Å². The van der Waals surface area contributed by atoms with Crippen molar-refractivity contribution in [3.05, 3.63) is 72.6 Å². The van der Waals surface area contributed by atoms with Gasteiger partial charge in [0.05, 0.1) is 6.33 Å². The number of nitrogens with one attached hydrogen (secondary N) is 2. The summed E-state index contributed by atoms with van der Waals surface area (Å²) in [5, 5.41) is 5.59. The van der Waals surface area contributed by atoms with Crippen molar-refractivity contribution >= 4 is 11.7 Å². The van der Waals surface area contributed by atoms with Crippen molar-refractivity contribution in [2.75, 3.05) is 11.9 Å². The number of hydrogen-bond acceptors (Lipinski definition) is 2. The van der Waals surface area contributed by atoms with Gasteiger partial charge in [0, 0.05) is 36.7 Å². The number of rotatable bonds is 6. The van der Waals surface area contributed by atoms with Crippen molar-refractivity contribution < 1.29 is 9.18 Å². The van der Waals surface area contributed by atoms with E-state index < -0.39 is 0 Å². The highest BCUT2D eigenvalue weighted by Gasteiger charge is 2.06. The van der Waals surface area contributed by atoms with Crippen LogP contribution < -0.4 is 10.6 Å². The number of carbonyl (C=O) groups excluding carboxylic acids is 1. The maximum absolute atomic E-state index is 14.0. The first-order valence-corrected chi connectivity index (χ1v) is 8.49. The van der Waals surface area contributed by atoms with Crippen LogP contribution >= 0.6 is 0 Å². The average molecular weight is 352 g/mol. The van der Waals surface area contributed by atoms with Gasteiger partial charge in [0.1, 0.15) is 5.82 Å². The Balaban J connectivity index is 1.49. The van der Waals surface area contributed by atoms with Crippen LogP contribution in [0.5, 0.6) is 0 Å². The third-order valence-corrected chi connectivity index (χ3v) is 4.02. The molecule has 0 atom stereocenters. The summed E-state index contributed by atoms with van der Waals surface area (Å²) in [4.78, 5) is 15.9. The second-order valence-corrected chi connectivity index (χ2v) is 6.10. The molecule has 3 aromatic rings. The molecule has 0 saturated carbocycles. The fraction of sp³-hybridized carbons (Fsp3) is 0.200. The SMILES string of the molecule is Cc1ccc(-c2ccc(NC(=O)NCCCn3ccnc3)cc2)c(F)c1. The van der Waals surface area contributed by atoms with Crippen LogP contribution in [-0.2, 0) is 6.54 Å². The molecule has 2 aromatic carbocycles. The summed E-state index contributed by atoms with van der Waals surface area (Å²) in [7, 11) is 0. The molecule has 2 amide bonds. The van der Waals surface area contributed by atoms with Gasteiger partial charge in [-0.2, -0.15) is 0 Å². The summed E-state index contributed by atoms with van der Waals surface area (Å²) in [6.45, 7) is 3.22. The van der Waals surface area contributed by atoms with Crippen LogP contribution in [0.2, 0.25) is 0 Å². The minimum Gasteiger partial charge on any atom is -0.338 e. The summed E-state index contributed by atoms with van der Waals surface area (Å²) >= 11 is 0. The Morgan fingerprint density at radius 3 is 2.69 bits per heavy atom. The third kappa shape index (κ3) is 4.69. The Morgan fingerprint density at radius 1 is 1.19 bits per heavy atom. The first-order valence-electron chi connectivity index (χ1n) is 8.49. The van der Waals surface area contributed by atoms with Crippen molar-refractivity contribution in [1.82, 2.24) is 14.9 Å². The average Bonchev–Trinajstić information content (AvgIpc) is 3.13. The number of amides is 2. The Kier molecular flexibility index (Phi) is 5.63. The molecule has 3 rings (SSSR count). The zero-order chi connectivity index (χ0) is 18.4. The predicted octanol–water partition coefficient (Wildman–Crippen LogP) is 4.21. The molecule has 0 fully saturated rings. The molecule has 6 heteroatoms. The van der Waals surface area contributed by atoms with Crippen LogP contribution in [0.25, 0.3) is 11.1 Å². The molecule has 0 spiro atoms. The lowest BCUT2D eigenvalue weighted by Crippen LogP contribution is -2.29. The topological polar surface area (TPSA) is 59.0 Å². The fourth-order valence-corrected chi connectivity index (χ4v) is 2.65. The zero-order valence-electron chi connectivity index (χ0n) is 14.6. The number of imidazole rings is 1. The first-order chi connectivity index (χ1) is 12.6. The van der Waals surface area contributed by atoms with Gasteiger partial charge in [0.25, 0.3) is 0 Å². The molecule has 5 nitrogen and oxygen atoms in total. The van der Waals surface area contributed by atoms with Gasteiger partial charge in [-0.05, 0) is 42.7 Å². The molecule has 1 aromatic heterocycles. The number of carbonyl (C=O) groups is 1. The Hall–Kier alpha value is -3.15. The summed E-state index contributed by atoms with van der Waals surface area (Å²) in [6.07, 6.45) is 6.18. The van der Waals surface area contributed by atoms with E-state index in [9.17, 15) is 9.18 Å². The summed E-state index contributed by atoms with van der Waals surface area (Å²) in [5.41, 5.74) is 2.86. The van der Waals surface area contributed by atoms with Crippen LogP contribution in [-0.4, -0.2) is 22.1 Å². The molecule has 0 aliphatic carbocycles. The van der Waals surface area contributed by atoms with E-state index in [0.29, 0.717) is 17.8 Å². The Labute approximate surface area is 151 Å². The molecule has 0 bridgehead atoms. The molecule has 0 radical (unpaired) electrons. The molecular formula is C20H21FN4O. The second-order valence-electron chi connectivity index (χ2n) is 6.10. The van der Waals surface area contributed by atoms with Gasteiger partial charge in [-0.15, -0.1) is 0 Å². The van der Waals surface area contributed by atoms with Crippen molar-refractivity contribution in [2.45, 2.75) is 19.9 Å². The number of halogens is 1. The predicted molar refractivity (Wildman–Crippen MR) is 100 cm³/mol. The van der Waals surface area contributed by atoms with Gasteiger partial charge in [0.15, 0.2) is 0 Å². The lowest BCUT2D eigenvalue weighted by Gasteiger charge is -2.09. The number of benzene rings is 2. The highest BCUT2D eigenvalue weighted by atomic mass is 19.1. The van der Waals surface area contributed by atoms with E-state index in [-0.39, 0.29) is 11.8 Å². The van der Waals surface area contributed by atoms with Crippen LogP contribution in [0.15, 0.2) is 61.2 Å². The highest BCUT2D eigenvalue weighted by molar-refractivity contribution is 5.89. The smallest absolute Gasteiger partial charge is 0.319 e. The van der Waals surface area contributed by atoms with Gasteiger partial charge in [-0.25, -0.2) is 14.2 Å². The van der Waals surface area contributed by atoms with Gasteiger partial charge < -0.3 is 15.2 Å². The van der Waals surface area contributed by atoms with E-state index in [1.165, 1.54) is 6.07 Å². The summed E-state index contributed by atoms with van der Waals surface area (Å²) in [5.74, 6) is -0.249. The van der Waals surface area contributed by atoms with Crippen molar-refractivity contribution in [1.29, 1.82) is 0 Å². The Bertz CT molecular complexity index is 860. The number of aryl methyl sites for hydroxylation is 2. The maximum Gasteiger partial charge on any atom is 0.319 e. The summed E-state index contributed by atoms with van der Waals surface area (Å²) < 4.78 is 16.0. The molecule has 26 heavy (non-hydrogen) atoms. The number of urea groups is 1. The normalized spacial score (nSPS) is 10.5. The number of anilines is 1. The Morgan fingerprint density at radius 2 is 2.00 bits per heavy atom. The molecule has 134 valence electrons. The van der Waals surface area contributed by atoms with Gasteiger partial charge >= 0.3 is 6.03 Å². The van der Waals surface area contributed by atoms with Crippen molar-refractivity contribution in [3.63, 3.8) is 0 Å². The van der Waals surface area contributed by atoms with Crippen LogP contribution in [0.1, 0.15) is 12.0 Å². The largest absolute Gasteiger partial charge is 0.338 e. The summed E-state index contributed by atoms with van der Waals surface area (Å²) in [6, 6.07) is 12.0. The number of hydrogen-bond donors (Lipinski definition) is 2. The highest BCUT2D eigenvalue weighted by Crippen LogP contribution is 2.25. The minimum absolute atomic E-state index is 0.249. The fourth-order valence-electron chi connectivity index (χ4n) is 2.65. The van der Waals surface area contributed by atoms with Gasteiger partial charge in [0.2, 0.25) is 0 Å². The quantitative estimate of drug-likeness (QED) is 0.653. The lowest BCUT2D eigenvalue weighted by atomic mass is 10.0. The molecular weight excluding hydrogens is 331 g/mol. The van der Waals surface area contributed by atoms with E-state index >= 15 is 0 Å². The first kappa shape index (κ1) is 17.7. The number of nitrogens with zero attached hydrogens (tertiary/aromatic N) is 2. The van der Waals surface area contributed by atoms with Crippen molar-refractivity contribution in [3.8, 4) is 11.1 Å². The minimum atomic E-state index is -0.259. The van der Waals surface area contributed by atoms with Crippen LogP contribution in [0.3, 0.4) is 0 Å².